The molecule has 0 saturated heterocycles. The van der Waals surface area contributed by atoms with Crippen LogP contribution < -0.4 is 0 Å². The van der Waals surface area contributed by atoms with Crippen LogP contribution in [-0.2, 0) is 0 Å². The van der Waals surface area contributed by atoms with Gasteiger partial charge in [0.05, 0.1) is 0 Å². The van der Waals surface area contributed by atoms with Crippen molar-refractivity contribution in [2.24, 2.45) is 0 Å². The van der Waals surface area contributed by atoms with Gasteiger partial charge in [-0.3, -0.25) is 4.98 Å². The first-order valence-corrected chi connectivity index (χ1v) is 3.11. The van der Waals surface area contributed by atoms with Crippen molar-refractivity contribution in [2.75, 3.05) is 0 Å². The SMILES string of the molecule is C=C=C(C)c1ccncc1. The molecule has 0 aliphatic heterocycles. The van der Waals surface area contributed by atoms with Crippen molar-refractivity contribution in [3.8, 4) is 0 Å². The molecule has 0 saturated carbocycles. The van der Waals surface area contributed by atoms with Gasteiger partial charge in [-0.1, -0.05) is 6.58 Å². The Kier molecular flexibility index (Phi) is 2.03. The maximum Gasteiger partial charge on any atom is 0.0274 e. The van der Waals surface area contributed by atoms with Crippen molar-refractivity contribution in [3.63, 3.8) is 0 Å². The Morgan fingerprint density at radius 3 is 2.60 bits per heavy atom. The van der Waals surface area contributed by atoms with Gasteiger partial charge in [-0.15, -0.1) is 5.73 Å². The van der Waals surface area contributed by atoms with E-state index in [0.717, 1.165) is 11.1 Å². The van der Waals surface area contributed by atoms with Crippen molar-refractivity contribution in [1.29, 1.82) is 0 Å². The summed E-state index contributed by atoms with van der Waals surface area (Å²) in [7, 11) is 0. The molecule has 0 fully saturated rings. The van der Waals surface area contributed by atoms with E-state index in [4.69, 9.17) is 0 Å². The van der Waals surface area contributed by atoms with Gasteiger partial charge in [0.2, 0.25) is 0 Å². The average Bonchev–Trinajstić information content (AvgIpc) is 2.05. The number of aromatic nitrogens is 1. The Labute approximate surface area is 60.7 Å². The third-order valence-corrected chi connectivity index (χ3v) is 1.38. The Balaban J connectivity index is 3.08. The standard InChI is InChI=1S/C9H9N/c1-3-8(2)9-4-6-10-7-5-9/h4-7H,1H2,2H3. The molecule has 1 heteroatoms. The zero-order chi connectivity index (χ0) is 7.40. The molecule has 1 rings (SSSR count). The summed E-state index contributed by atoms with van der Waals surface area (Å²) in [5, 5.41) is 0. The Bertz CT molecular complexity index is 255. The van der Waals surface area contributed by atoms with E-state index in [9.17, 15) is 0 Å². The lowest BCUT2D eigenvalue weighted by atomic mass is 10.1. The molecule has 1 heterocycles. The lowest BCUT2D eigenvalue weighted by molar-refractivity contribution is 1.31. The summed E-state index contributed by atoms with van der Waals surface area (Å²) in [6.07, 6.45) is 3.52. The lowest BCUT2D eigenvalue weighted by Crippen LogP contribution is -1.76. The van der Waals surface area contributed by atoms with Crippen LogP contribution in [0.1, 0.15) is 12.5 Å². The highest BCUT2D eigenvalue weighted by Gasteiger charge is 1.89. The van der Waals surface area contributed by atoms with Crippen LogP contribution in [0.3, 0.4) is 0 Å². The normalized spacial score (nSPS) is 8.50. The first kappa shape index (κ1) is 6.79. The minimum Gasteiger partial charge on any atom is -0.265 e. The lowest BCUT2D eigenvalue weighted by Gasteiger charge is -1.94. The fourth-order valence-corrected chi connectivity index (χ4v) is 0.704. The molecule has 10 heavy (non-hydrogen) atoms. The van der Waals surface area contributed by atoms with Crippen LogP contribution in [0, 0.1) is 0 Å². The van der Waals surface area contributed by atoms with E-state index in [0.29, 0.717) is 0 Å². The monoisotopic (exact) mass is 131 g/mol. The molecule has 0 aliphatic rings. The van der Waals surface area contributed by atoms with E-state index >= 15 is 0 Å². The molecule has 0 bridgehead atoms. The minimum atomic E-state index is 1.06. The summed E-state index contributed by atoms with van der Waals surface area (Å²) in [5.74, 6) is 0. The van der Waals surface area contributed by atoms with Gasteiger partial charge in [0.1, 0.15) is 0 Å². The van der Waals surface area contributed by atoms with Crippen molar-refractivity contribution in [2.45, 2.75) is 6.92 Å². The molecule has 0 spiro atoms. The molecule has 0 amide bonds. The van der Waals surface area contributed by atoms with E-state index in [1.165, 1.54) is 0 Å². The van der Waals surface area contributed by atoms with E-state index in [1.54, 1.807) is 12.4 Å². The molecule has 1 aromatic rings. The summed E-state index contributed by atoms with van der Waals surface area (Å²) >= 11 is 0. The van der Waals surface area contributed by atoms with Gasteiger partial charge in [0.25, 0.3) is 0 Å². The van der Waals surface area contributed by atoms with Crippen molar-refractivity contribution < 1.29 is 0 Å². The maximum absolute atomic E-state index is 3.90. The number of allylic oxidation sites excluding steroid dienone is 1. The summed E-state index contributed by atoms with van der Waals surface area (Å²) in [5.41, 5.74) is 5.01. The van der Waals surface area contributed by atoms with Crippen LogP contribution in [0.15, 0.2) is 36.8 Å². The third kappa shape index (κ3) is 1.34. The first-order valence-electron chi connectivity index (χ1n) is 3.11. The predicted molar refractivity (Wildman–Crippen MR) is 42.5 cm³/mol. The van der Waals surface area contributed by atoms with Gasteiger partial charge in [-0.05, 0) is 30.2 Å². The Morgan fingerprint density at radius 2 is 2.10 bits per heavy atom. The first-order chi connectivity index (χ1) is 4.84. The van der Waals surface area contributed by atoms with Crippen molar-refractivity contribution in [1.82, 2.24) is 4.98 Å². The number of hydrogen-bond donors (Lipinski definition) is 0. The van der Waals surface area contributed by atoms with E-state index < -0.39 is 0 Å². The van der Waals surface area contributed by atoms with Gasteiger partial charge in [0, 0.05) is 12.4 Å². The van der Waals surface area contributed by atoms with Gasteiger partial charge in [0.15, 0.2) is 0 Å². The van der Waals surface area contributed by atoms with Gasteiger partial charge < -0.3 is 0 Å². The second kappa shape index (κ2) is 3.00. The number of hydrogen-bond acceptors (Lipinski definition) is 1. The quantitative estimate of drug-likeness (QED) is 0.533. The number of rotatable bonds is 1. The highest BCUT2D eigenvalue weighted by molar-refractivity contribution is 5.61. The molecule has 0 radical (unpaired) electrons. The van der Waals surface area contributed by atoms with Crippen LogP contribution in [0.2, 0.25) is 0 Å². The summed E-state index contributed by atoms with van der Waals surface area (Å²) < 4.78 is 0. The Morgan fingerprint density at radius 1 is 1.50 bits per heavy atom. The van der Waals surface area contributed by atoms with Crippen LogP contribution in [0.25, 0.3) is 5.57 Å². The highest BCUT2D eigenvalue weighted by Crippen LogP contribution is 2.08. The summed E-state index contributed by atoms with van der Waals surface area (Å²) in [6.45, 7) is 5.53. The smallest absolute Gasteiger partial charge is 0.0274 e. The fraction of sp³-hybridized carbons (Fsp3) is 0.111. The minimum absolute atomic E-state index is 1.06. The Hall–Kier alpha value is -1.33. The molecular formula is C9H9N. The van der Waals surface area contributed by atoms with Gasteiger partial charge in [-0.2, -0.15) is 0 Å². The maximum atomic E-state index is 3.90. The number of nitrogens with zero attached hydrogens (tertiary/aromatic N) is 1. The average molecular weight is 131 g/mol. The third-order valence-electron chi connectivity index (χ3n) is 1.38. The zero-order valence-corrected chi connectivity index (χ0v) is 5.96. The van der Waals surface area contributed by atoms with Gasteiger partial charge in [-0.25, -0.2) is 0 Å². The zero-order valence-electron chi connectivity index (χ0n) is 5.96. The highest BCUT2D eigenvalue weighted by atomic mass is 14.6. The molecule has 0 N–H and O–H groups in total. The molecular weight excluding hydrogens is 122 g/mol. The van der Waals surface area contributed by atoms with E-state index in [1.807, 2.05) is 19.1 Å². The molecule has 0 aliphatic carbocycles. The molecule has 1 nitrogen and oxygen atoms in total. The largest absolute Gasteiger partial charge is 0.265 e. The van der Waals surface area contributed by atoms with Crippen LogP contribution >= 0.6 is 0 Å². The second-order valence-corrected chi connectivity index (χ2v) is 2.04. The molecule has 0 unspecified atom stereocenters. The van der Waals surface area contributed by atoms with E-state index in [2.05, 4.69) is 17.3 Å². The topological polar surface area (TPSA) is 12.9 Å². The van der Waals surface area contributed by atoms with Crippen LogP contribution in [0.5, 0.6) is 0 Å². The van der Waals surface area contributed by atoms with Crippen LogP contribution in [0.4, 0.5) is 0 Å². The molecule has 50 valence electrons. The molecule has 1 aromatic heterocycles. The second-order valence-electron chi connectivity index (χ2n) is 2.04. The van der Waals surface area contributed by atoms with Crippen molar-refractivity contribution >= 4 is 5.57 Å². The predicted octanol–water partition coefficient (Wildman–Crippen LogP) is 2.27. The van der Waals surface area contributed by atoms with Gasteiger partial charge >= 0.3 is 0 Å². The summed E-state index contributed by atoms with van der Waals surface area (Å²) in [4.78, 5) is 3.90. The summed E-state index contributed by atoms with van der Waals surface area (Å²) in [6, 6.07) is 3.88. The molecule has 0 atom stereocenters. The number of pyridine rings is 1. The molecule has 0 aromatic carbocycles. The van der Waals surface area contributed by atoms with Crippen LogP contribution in [-0.4, -0.2) is 4.98 Å². The van der Waals surface area contributed by atoms with Crippen molar-refractivity contribution in [3.05, 3.63) is 42.4 Å². The fourth-order valence-electron chi connectivity index (χ4n) is 0.704. The van der Waals surface area contributed by atoms with E-state index in [-0.39, 0.29) is 0 Å².